The predicted octanol–water partition coefficient (Wildman–Crippen LogP) is 2.12. The SMILES string of the molecule is Nc1ccccc1-c1n[nH]c(-c2ccccn2)n1. The molecule has 18 heavy (non-hydrogen) atoms. The van der Waals surface area contributed by atoms with E-state index in [4.69, 9.17) is 5.73 Å². The Morgan fingerprint density at radius 1 is 1.00 bits per heavy atom. The normalized spacial score (nSPS) is 10.4. The minimum absolute atomic E-state index is 0.578. The Hall–Kier alpha value is -2.69. The van der Waals surface area contributed by atoms with Crippen molar-refractivity contribution in [2.75, 3.05) is 5.73 Å². The van der Waals surface area contributed by atoms with E-state index in [1.165, 1.54) is 0 Å². The molecule has 88 valence electrons. The van der Waals surface area contributed by atoms with E-state index in [1.807, 2.05) is 42.5 Å². The number of nitrogen functional groups attached to an aromatic ring is 1. The van der Waals surface area contributed by atoms with Gasteiger partial charge in [-0.05, 0) is 24.3 Å². The number of anilines is 1. The third kappa shape index (κ3) is 1.82. The predicted molar refractivity (Wildman–Crippen MR) is 69.5 cm³/mol. The molecule has 2 aromatic heterocycles. The van der Waals surface area contributed by atoms with E-state index >= 15 is 0 Å². The van der Waals surface area contributed by atoms with Gasteiger partial charge in [0.1, 0.15) is 5.69 Å². The number of H-pyrrole nitrogens is 1. The second kappa shape index (κ2) is 4.29. The van der Waals surface area contributed by atoms with Crippen molar-refractivity contribution in [2.45, 2.75) is 0 Å². The fourth-order valence-corrected chi connectivity index (χ4v) is 1.70. The summed E-state index contributed by atoms with van der Waals surface area (Å²) in [6.45, 7) is 0. The molecule has 0 atom stereocenters. The van der Waals surface area contributed by atoms with Crippen LogP contribution < -0.4 is 5.73 Å². The zero-order chi connectivity index (χ0) is 12.4. The highest BCUT2D eigenvalue weighted by molar-refractivity contribution is 5.72. The molecule has 0 aliphatic rings. The quantitative estimate of drug-likeness (QED) is 0.669. The minimum atomic E-state index is 0.578. The van der Waals surface area contributed by atoms with Crippen molar-refractivity contribution in [3.05, 3.63) is 48.7 Å². The second-order valence-corrected chi connectivity index (χ2v) is 3.81. The molecule has 0 aliphatic carbocycles. The zero-order valence-corrected chi connectivity index (χ0v) is 9.54. The van der Waals surface area contributed by atoms with E-state index in [2.05, 4.69) is 20.2 Å². The van der Waals surface area contributed by atoms with Crippen molar-refractivity contribution in [2.24, 2.45) is 0 Å². The van der Waals surface area contributed by atoms with Crippen LogP contribution in [0.15, 0.2) is 48.7 Å². The Balaban J connectivity index is 2.03. The molecule has 5 nitrogen and oxygen atoms in total. The summed E-state index contributed by atoms with van der Waals surface area (Å²) in [5, 5.41) is 7.04. The molecule has 0 amide bonds. The van der Waals surface area contributed by atoms with Gasteiger partial charge in [0.15, 0.2) is 11.6 Å². The number of rotatable bonds is 2. The average molecular weight is 237 g/mol. The van der Waals surface area contributed by atoms with Crippen LogP contribution in [0.4, 0.5) is 5.69 Å². The van der Waals surface area contributed by atoms with Crippen LogP contribution in [0.25, 0.3) is 22.9 Å². The van der Waals surface area contributed by atoms with Gasteiger partial charge in [0.2, 0.25) is 0 Å². The third-order valence-electron chi connectivity index (χ3n) is 2.59. The van der Waals surface area contributed by atoms with E-state index in [1.54, 1.807) is 6.20 Å². The molecule has 0 saturated heterocycles. The van der Waals surface area contributed by atoms with Gasteiger partial charge in [-0.25, -0.2) is 4.98 Å². The van der Waals surface area contributed by atoms with Gasteiger partial charge < -0.3 is 5.73 Å². The van der Waals surface area contributed by atoms with Crippen molar-refractivity contribution in [1.29, 1.82) is 0 Å². The van der Waals surface area contributed by atoms with Gasteiger partial charge in [-0.1, -0.05) is 18.2 Å². The lowest BCUT2D eigenvalue weighted by Gasteiger charge is -1.98. The van der Waals surface area contributed by atoms with Crippen molar-refractivity contribution in [3.63, 3.8) is 0 Å². The van der Waals surface area contributed by atoms with E-state index in [0.29, 0.717) is 17.3 Å². The Bertz CT molecular complexity index is 660. The summed E-state index contributed by atoms with van der Waals surface area (Å²) in [4.78, 5) is 8.62. The fourth-order valence-electron chi connectivity index (χ4n) is 1.70. The summed E-state index contributed by atoms with van der Waals surface area (Å²) in [6, 6.07) is 13.1. The lowest BCUT2D eigenvalue weighted by Crippen LogP contribution is -1.90. The Kier molecular flexibility index (Phi) is 2.49. The van der Waals surface area contributed by atoms with Crippen LogP contribution in [-0.2, 0) is 0 Å². The summed E-state index contributed by atoms with van der Waals surface area (Å²) in [5.74, 6) is 1.21. The van der Waals surface area contributed by atoms with Crippen LogP contribution in [0.3, 0.4) is 0 Å². The largest absolute Gasteiger partial charge is 0.398 e. The first-order valence-corrected chi connectivity index (χ1v) is 5.53. The molecule has 0 unspecified atom stereocenters. The molecule has 0 bridgehead atoms. The summed E-state index contributed by atoms with van der Waals surface area (Å²) >= 11 is 0. The molecule has 3 rings (SSSR count). The Labute approximate surface area is 104 Å². The summed E-state index contributed by atoms with van der Waals surface area (Å²) < 4.78 is 0. The number of pyridine rings is 1. The van der Waals surface area contributed by atoms with Crippen LogP contribution in [0.1, 0.15) is 0 Å². The highest BCUT2D eigenvalue weighted by Crippen LogP contribution is 2.23. The van der Waals surface area contributed by atoms with Gasteiger partial charge in [0.05, 0.1) is 0 Å². The zero-order valence-electron chi connectivity index (χ0n) is 9.54. The van der Waals surface area contributed by atoms with Gasteiger partial charge in [0.25, 0.3) is 0 Å². The number of benzene rings is 1. The maximum absolute atomic E-state index is 5.89. The number of hydrogen-bond donors (Lipinski definition) is 2. The number of nitrogens with two attached hydrogens (primary N) is 1. The molecule has 0 spiro atoms. The highest BCUT2D eigenvalue weighted by atomic mass is 15.2. The minimum Gasteiger partial charge on any atom is -0.398 e. The van der Waals surface area contributed by atoms with Crippen LogP contribution in [-0.4, -0.2) is 20.2 Å². The van der Waals surface area contributed by atoms with Gasteiger partial charge in [0, 0.05) is 17.4 Å². The number of hydrogen-bond acceptors (Lipinski definition) is 4. The van der Waals surface area contributed by atoms with Crippen LogP contribution in [0.2, 0.25) is 0 Å². The number of aromatic nitrogens is 4. The number of aromatic amines is 1. The molecule has 1 aromatic carbocycles. The summed E-state index contributed by atoms with van der Waals surface area (Å²) in [6.07, 6.45) is 1.72. The average Bonchev–Trinajstić information content (AvgIpc) is 2.90. The second-order valence-electron chi connectivity index (χ2n) is 3.81. The molecular formula is C13H11N5. The number of nitrogens with zero attached hydrogens (tertiary/aromatic N) is 3. The molecular weight excluding hydrogens is 226 g/mol. The molecule has 3 N–H and O–H groups in total. The van der Waals surface area contributed by atoms with Gasteiger partial charge in [-0.15, -0.1) is 0 Å². The molecule has 5 heteroatoms. The van der Waals surface area contributed by atoms with E-state index < -0.39 is 0 Å². The van der Waals surface area contributed by atoms with Gasteiger partial charge in [-0.3, -0.25) is 10.1 Å². The maximum Gasteiger partial charge on any atom is 0.183 e. The Morgan fingerprint density at radius 3 is 2.61 bits per heavy atom. The van der Waals surface area contributed by atoms with Crippen molar-refractivity contribution < 1.29 is 0 Å². The molecule has 2 heterocycles. The van der Waals surface area contributed by atoms with Gasteiger partial charge >= 0.3 is 0 Å². The smallest absolute Gasteiger partial charge is 0.183 e. The van der Waals surface area contributed by atoms with Crippen LogP contribution in [0, 0.1) is 0 Å². The lowest BCUT2D eigenvalue weighted by atomic mass is 10.2. The van der Waals surface area contributed by atoms with Gasteiger partial charge in [-0.2, -0.15) is 5.10 Å². The summed E-state index contributed by atoms with van der Waals surface area (Å²) in [7, 11) is 0. The van der Waals surface area contributed by atoms with E-state index in [-0.39, 0.29) is 0 Å². The van der Waals surface area contributed by atoms with Crippen molar-refractivity contribution in [1.82, 2.24) is 20.2 Å². The lowest BCUT2D eigenvalue weighted by molar-refractivity contribution is 1.09. The number of para-hydroxylation sites is 1. The molecule has 0 saturated carbocycles. The third-order valence-corrected chi connectivity index (χ3v) is 2.59. The monoisotopic (exact) mass is 237 g/mol. The molecule has 3 aromatic rings. The Morgan fingerprint density at radius 2 is 1.83 bits per heavy atom. The maximum atomic E-state index is 5.89. The highest BCUT2D eigenvalue weighted by Gasteiger charge is 2.09. The number of nitrogens with one attached hydrogen (secondary N) is 1. The van der Waals surface area contributed by atoms with E-state index in [9.17, 15) is 0 Å². The standard InChI is InChI=1S/C13H11N5/c14-10-6-2-1-5-9(10)12-16-13(18-17-12)11-7-3-4-8-15-11/h1-8H,14H2,(H,16,17,18). The van der Waals surface area contributed by atoms with Crippen LogP contribution >= 0.6 is 0 Å². The van der Waals surface area contributed by atoms with E-state index in [0.717, 1.165) is 11.3 Å². The van der Waals surface area contributed by atoms with Crippen LogP contribution in [0.5, 0.6) is 0 Å². The van der Waals surface area contributed by atoms with Crippen molar-refractivity contribution in [3.8, 4) is 22.9 Å². The van der Waals surface area contributed by atoms with Crippen molar-refractivity contribution >= 4 is 5.69 Å². The first kappa shape index (κ1) is 10.5. The fraction of sp³-hybridized carbons (Fsp3) is 0. The topological polar surface area (TPSA) is 80.5 Å². The first-order valence-electron chi connectivity index (χ1n) is 5.53. The molecule has 0 fully saturated rings. The molecule has 0 aliphatic heterocycles. The molecule has 0 radical (unpaired) electrons. The summed E-state index contributed by atoms with van der Waals surface area (Å²) in [5.41, 5.74) is 8.12. The first-order chi connectivity index (χ1) is 8.84.